The van der Waals surface area contributed by atoms with E-state index in [0.717, 1.165) is 11.8 Å². The van der Waals surface area contributed by atoms with Crippen molar-refractivity contribution in [2.24, 2.45) is 0 Å². The van der Waals surface area contributed by atoms with Crippen LogP contribution in [0.15, 0.2) is 35.1 Å². The molecule has 0 atom stereocenters. The first-order chi connectivity index (χ1) is 7.31. The molecule has 0 N–H and O–H groups in total. The molecular weight excluding hydrogens is 251 g/mol. The summed E-state index contributed by atoms with van der Waals surface area (Å²) in [7, 11) is 0. The molecule has 1 aromatic heterocycles. The van der Waals surface area contributed by atoms with Crippen molar-refractivity contribution in [1.82, 2.24) is 0 Å². The van der Waals surface area contributed by atoms with Gasteiger partial charge in [0.1, 0.15) is 0 Å². The second kappa shape index (κ2) is 4.78. The average Bonchev–Trinajstić information content (AvgIpc) is 2.26. The Kier molecular flexibility index (Phi) is 3.40. The molecule has 0 fully saturated rings. The van der Waals surface area contributed by atoms with E-state index in [2.05, 4.69) is 13.0 Å². The van der Waals surface area contributed by atoms with Gasteiger partial charge in [-0.05, 0) is 0 Å². The Balaban J connectivity index is 2.48. The summed E-state index contributed by atoms with van der Waals surface area (Å²) in [6.45, 7) is 2.19. The molecule has 0 saturated carbocycles. The van der Waals surface area contributed by atoms with Gasteiger partial charge in [0.05, 0.1) is 0 Å². The number of aryl methyl sites for hydroxylation is 1. The molecule has 78 valence electrons. The molecule has 1 heterocycles. The van der Waals surface area contributed by atoms with Gasteiger partial charge in [0, 0.05) is 0 Å². The molecule has 0 unspecified atom stereocenters. The fraction of sp³-hybridized carbons (Fsp3) is 0.308. The van der Waals surface area contributed by atoms with E-state index in [1.165, 1.54) is 21.5 Å². The predicted octanol–water partition coefficient (Wildman–Crippen LogP) is 2.60. The summed E-state index contributed by atoms with van der Waals surface area (Å²) in [5.41, 5.74) is 0.199. The second-order valence-electron chi connectivity index (χ2n) is 3.68. The monoisotopic (exact) mass is 266 g/mol. The third kappa shape index (κ3) is 2.39. The molecule has 2 rings (SSSR count). The number of unbranched alkanes of at least 4 members (excludes halogenated alkanes) is 1. The topological polar surface area (TPSA) is 17.1 Å². The van der Waals surface area contributed by atoms with Crippen LogP contribution in [0.1, 0.15) is 24.2 Å². The van der Waals surface area contributed by atoms with Gasteiger partial charge in [-0.1, -0.05) is 0 Å². The first-order valence-electron chi connectivity index (χ1n) is 5.33. The molecule has 0 aliphatic carbocycles. The van der Waals surface area contributed by atoms with Crippen LogP contribution in [0.25, 0.3) is 9.65 Å². The maximum atomic E-state index is 11.8. The van der Waals surface area contributed by atoms with Crippen LogP contribution in [0.4, 0.5) is 0 Å². The van der Waals surface area contributed by atoms with Crippen molar-refractivity contribution >= 4 is 24.1 Å². The summed E-state index contributed by atoms with van der Waals surface area (Å²) in [4.78, 5) is 11.8. The molecule has 0 bridgehead atoms. The van der Waals surface area contributed by atoms with Gasteiger partial charge in [0.25, 0.3) is 0 Å². The Morgan fingerprint density at radius 3 is 2.87 bits per heavy atom. The van der Waals surface area contributed by atoms with Crippen LogP contribution < -0.4 is 5.43 Å². The van der Waals surface area contributed by atoms with Gasteiger partial charge >= 0.3 is 95.3 Å². The predicted molar refractivity (Wildman–Crippen MR) is 65.8 cm³/mol. The molecule has 1 aromatic carbocycles. The van der Waals surface area contributed by atoms with Gasteiger partial charge in [0.2, 0.25) is 0 Å². The van der Waals surface area contributed by atoms with E-state index >= 15 is 0 Å². The van der Waals surface area contributed by atoms with Crippen molar-refractivity contribution in [2.75, 3.05) is 0 Å². The van der Waals surface area contributed by atoms with E-state index < -0.39 is 0 Å². The normalized spacial score (nSPS) is 10.7. The van der Waals surface area contributed by atoms with Crippen LogP contribution in [0.5, 0.6) is 0 Å². The van der Waals surface area contributed by atoms with Crippen LogP contribution in [0, 0.1) is 0 Å². The molecule has 0 amide bonds. The number of rotatable bonds is 3. The average molecular weight is 265 g/mol. The zero-order valence-electron chi connectivity index (χ0n) is 8.82. The summed E-state index contributed by atoms with van der Waals surface area (Å²) < 4.78 is 2.61. The Labute approximate surface area is 95.5 Å². The molecule has 0 spiro atoms. The fourth-order valence-electron chi connectivity index (χ4n) is 1.63. The van der Waals surface area contributed by atoms with E-state index in [-0.39, 0.29) is 5.43 Å². The van der Waals surface area contributed by atoms with E-state index in [0.29, 0.717) is 14.5 Å². The summed E-state index contributed by atoms with van der Waals surface area (Å²) in [5, 5.41) is 0.915. The molecule has 0 radical (unpaired) electrons. The van der Waals surface area contributed by atoms with Crippen LogP contribution in [-0.2, 0) is 6.42 Å². The molecule has 1 nitrogen and oxygen atoms in total. The van der Waals surface area contributed by atoms with Crippen molar-refractivity contribution in [3.8, 4) is 0 Å². The second-order valence-corrected chi connectivity index (χ2v) is 6.13. The number of benzene rings is 1. The number of hydrogen-bond acceptors (Lipinski definition) is 1. The Morgan fingerprint density at radius 2 is 2.07 bits per heavy atom. The van der Waals surface area contributed by atoms with E-state index in [4.69, 9.17) is 0 Å². The summed E-state index contributed by atoms with van der Waals surface area (Å²) in [6.07, 6.45) is 3.49. The summed E-state index contributed by atoms with van der Waals surface area (Å²) in [5.74, 6) is 0. The first-order valence-corrected chi connectivity index (χ1v) is 7.04. The summed E-state index contributed by atoms with van der Waals surface area (Å²) >= 11 is 0.375. The van der Waals surface area contributed by atoms with E-state index in [9.17, 15) is 4.79 Å². The van der Waals surface area contributed by atoms with E-state index in [1.807, 2.05) is 24.3 Å². The Hall–Kier alpha value is -0.851. The Bertz CT molecular complexity index is 513. The maximum absolute atomic E-state index is 11.8. The van der Waals surface area contributed by atoms with Gasteiger partial charge in [-0.3, -0.25) is 0 Å². The minimum absolute atomic E-state index is 0.199. The molecule has 0 aliphatic heterocycles. The van der Waals surface area contributed by atoms with Crippen molar-refractivity contribution in [3.05, 3.63) is 45.0 Å². The third-order valence-electron chi connectivity index (χ3n) is 2.46. The molecule has 0 saturated heterocycles. The van der Waals surface area contributed by atoms with Crippen LogP contribution in [0.2, 0.25) is 0 Å². The van der Waals surface area contributed by atoms with Crippen molar-refractivity contribution in [2.45, 2.75) is 26.2 Å². The van der Waals surface area contributed by atoms with Gasteiger partial charge in [-0.2, -0.15) is 0 Å². The first kappa shape index (κ1) is 10.7. The molecule has 15 heavy (non-hydrogen) atoms. The molecule has 2 heteroatoms. The Morgan fingerprint density at radius 1 is 1.27 bits per heavy atom. The van der Waals surface area contributed by atoms with Gasteiger partial charge in [0.15, 0.2) is 0 Å². The number of hydrogen-bond donors (Lipinski definition) is 0. The van der Waals surface area contributed by atoms with Crippen LogP contribution >= 0.6 is 0 Å². The fourth-order valence-corrected chi connectivity index (χ4v) is 3.98. The van der Waals surface area contributed by atoms with Crippen molar-refractivity contribution in [1.29, 1.82) is 0 Å². The van der Waals surface area contributed by atoms with Gasteiger partial charge in [-0.25, -0.2) is 0 Å². The van der Waals surface area contributed by atoms with Crippen LogP contribution in [0.3, 0.4) is 0 Å². The van der Waals surface area contributed by atoms with Crippen molar-refractivity contribution in [3.63, 3.8) is 0 Å². The minimum atomic E-state index is 0.199. The standard InChI is InChI=1S/C13H14OSe/c1-2-3-6-10-9-12(14)11-7-4-5-8-13(11)15-10/h4-5,7-9H,2-3,6H2,1H3. The van der Waals surface area contributed by atoms with Gasteiger partial charge < -0.3 is 0 Å². The molecule has 2 aromatic rings. The zero-order valence-corrected chi connectivity index (χ0v) is 10.5. The van der Waals surface area contributed by atoms with Crippen molar-refractivity contribution < 1.29 is 0 Å². The molecule has 0 aliphatic rings. The zero-order chi connectivity index (χ0) is 10.7. The SMILES string of the molecule is CCCCc1cc(=O)c2ccccc2[se]1. The molecular formula is C13H14OSe. The quantitative estimate of drug-likeness (QED) is 0.780. The van der Waals surface area contributed by atoms with E-state index in [1.54, 1.807) is 0 Å². The summed E-state index contributed by atoms with van der Waals surface area (Å²) in [6, 6.07) is 9.85. The van der Waals surface area contributed by atoms with Crippen LogP contribution in [-0.4, -0.2) is 14.5 Å². The van der Waals surface area contributed by atoms with Gasteiger partial charge in [-0.15, -0.1) is 0 Å². The number of fused-ring (bicyclic) bond motifs is 1. The third-order valence-corrected chi connectivity index (χ3v) is 4.90.